The molecule has 1 N–H and O–H groups in total. The third-order valence-corrected chi connectivity index (χ3v) is 10.4. The topological polar surface area (TPSA) is 29.5 Å². The summed E-state index contributed by atoms with van der Waals surface area (Å²) in [5, 5.41) is 13.0. The highest BCUT2D eigenvalue weighted by atomic mass is 16.5. The highest BCUT2D eigenvalue weighted by Gasteiger charge is 2.51. The maximum atomic E-state index is 10.7. The molecular formula is C41H35BO2. The van der Waals surface area contributed by atoms with Crippen molar-refractivity contribution in [1.82, 2.24) is 0 Å². The van der Waals surface area contributed by atoms with Gasteiger partial charge >= 0.3 is 7.48 Å². The molecule has 1 spiro atoms. The van der Waals surface area contributed by atoms with Gasteiger partial charge in [0.25, 0.3) is 0 Å². The summed E-state index contributed by atoms with van der Waals surface area (Å²) in [6.07, 6.45) is 0. The van der Waals surface area contributed by atoms with Gasteiger partial charge < -0.3 is 9.76 Å². The lowest BCUT2D eigenvalue weighted by Gasteiger charge is -2.37. The number of fused-ring (bicyclic) bond motifs is 11. The summed E-state index contributed by atoms with van der Waals surface area (Å²) >= 11 is 0. The Morgan fingerprint density at radius 2 is 1.00 bits per heavy atom. The number of benzene rings is 6. The van der Waals surface area contributed by atoms with Gasteiger partial charge in [0.1, 0.15) is 0 Å². The van der Waals surface area contributed by atoms with Crippen LogP contribution in [0.3, 0.4) is 0 Å². The quantitative estimate of drug-likeness (QED) is 0.211. The van der Waals surface area contributed by atoms with E-state index in [0.29, 0.717) is 7.48 Å². The molecule has 44 heavy (non-hydrogen) atoms. The molecule has 0 radical (unpaired) electrons. The first kappa shape index (κ1) is 27.1. The number of rotatable bonds is 5. The van der Waals surface area contributed by atoms with Crippen LogP contribution in [0.2, 0.25) is 0 Å². The van der Waals surface area contributed by atoms with E-state index in [-0.39, 0.29) is 5.41 Å². The second-order valence-electron chi connectivity index (χ2n) is 13.3. The van der Waals surface area contributed by atoms with Crippen LogP contribution in [-0.2, 0) is 10.1 Å². The Morgan fingerprint density at radius 3 is 1.57 bits per heavy atom. The summed E-state index contributed by atoms with van der Waals surface area (Å²) in [4.78, 5) is 0. The molecule has 8 rings (SSSR count). The molecule has 214 valence electrons. The Kier molecular flexibility index (Phi) is 5.88. The van der Waals surface area contributed by atoms with Crippen LogP contribution >= 0.6 is 0 Å². The molecular weight excluding hydrogens is 535 g/mol. The zero-order valence-corrected chi connectivity index (χ0v) is 25.7. The van der Waals surface area contributed by atoms with E-state index in [1.807, 2.05) is 13.8 Å². The zero-order valence-electron chi connectivity index (χ0n) is 25.7. The smallest absolute Gasteiger partial charge is 0.310 e. The summed E-state index contributed by atoms with van der Waals surface area (Å²) in [7, 11) is 0.425. The Hall–Kier alpha value is -4.44. The largest absolute Gasteiger partial charge is 0.427 e. The van der Waals surface area contributed by atoms with Crippen molar-refractivity contribution in [3.05, 3.63) is 150 Å². The first-order valence-electron chi connectivity index (χ1n) is 15.5. The van der Waals surface area contributed by atoms with E-state index in [4.69, 9.17) is 4.65 Å². The molecule has 3 heteroatoms. The number of hydrogen-bond donors (Lipinski definition) is 1. The van der Waals surface area contributed by atoms with E-state index < -0.39 is 11.2 Å². The first-order valence-corrected chi connectivity index (χ1v) is 15.5. The lowest BCUT2D eigenvalue weighted by molar-refractivity contribution is -0.0893. The second-order valence-corrected chi connectivity index (χ2v) is 13.3. The molecule has 0 heterocycles. The van der Waals surface area contributed by atoms with Gasteiger partial charge in [-0.2, -0.15) is 0 Å². The van der Waals surface area contributed by atoms with Gasteiger partial charge in [-0.3, -0.25) is 0 Å². The van der Waals surface area contributed by atoms with Crippen LogP contribution in [0.5, 0.6) is 0 Å². The molecule has 0 fully saturated rings. The Balaban J connectivity index is 1.32. The third-order valence-electron chi connectivity index (χ3n) is 10.4. The molecule has 0 bridgehead atoms. The minimum absolute atomic E-state index is 0.360. The van der Waals surface area contributed by atoms with E-state index in [1.165, 1.54) is 66.4 Å². The molecule has 0 atom stereocenters. The van der Waals surface area contributed by atoms with Crippen molar-refractivity contribution in [1.29, 1.82) is 0 Å². The molecule has 6 aromatic rings. The Bertz CT molecular complexity index is 2040. The summed E-state index contributed by atoms with van der Waals surface area (Å²) in [5.41, 5.74) is 12.2. The molecule has 0 saturated carbocycles. The Morgan fingerprint density at radius 1 is 0.523 bits per heavy atom. The van der Waals surface area contributed by atoms with Crippen molar-refractivity contribution in [3.8, 4) is 33.4 Å². The van der Waals surface area contributed by atoms with E-state index in [9.17, 15) is 5.11 Å². The monoisotopic (exact) mass is 570 g/mol. The van der Waals surface area contributed by atoms with Gasteiger partial charge in [0.05, 0.1) is 16.6 Å². The van der Waals surface area contributed by atoms with Crippen molar-refractivity contribution < 1.29 is 9.76 Å². The van der Waals surface area contributed by atoms with Crippen molar-refractivity contribution in [2.24, 2.45) is 0 Å². The molecule has 0 amide bonds. The molecule has 6 aromatic carbocycles. The SMILES string of the molecule is CC(C)(O)C(C)(C)OBc1ccc(-c2ccc3c(c2)C2(c4ccccc4-c4ccccc42)c2ccccc2-3)c2ccccc12. The molecule has 2 nitrogen and oxygen atoms in total. The molecule has 0 aromatic heterocycles. The lowest BCUT2D eigenvalue weighted by atomic mass is 9.70. The predicted octanol–water partition coefficient (Wildman–Crippen LogP) is 8.39. The van der Waals surface area contributed by atoms with Gasteiger partial charge in [-0.25, -0.2) is 0 Å². The highest BCUT2D eigenvalue weighted by Crippen LogP contribution is 2.63. The first-order chi connectivity index (χ1) is 21.2. The summed E-state index contributed by atoms with van der Waals surface area (Å²) < 4.78 is 6.31. The predicted molar refractivity (Wildman–Crippen MR) is 184 cm³/mol. The van der Waals surface area contributed by atoms with Crippen molar-refractivity contribution in [2.75, 3.05) is 0 Å². The van der Waals surface area contributed by atoms with Gasteiger partial charge in [0, 0.05) is 0 Å². The van der Waals surface area contributed by atoms with Crippen LogP contribution < -0.4 is 5.46 Å². The fourth-order valence-electron chi connectivity index (χ4n) is 7.44. The summed E-state index contributed by atoms with van der Waals surface area (Å²) in [5.74, 6) is 0. The second kappa shape index (κ2) is 9.53. The van der Waals surface area contributed by atoms with Gasteiger partial charge in [0.15, 0.2) is 0 Å². The fraction of sp³-hybridized carbons (Fsp3) is 0.171. The van der Waals surface area contributed by atoms with Crippen LogP contribution in [0.15, 0.2) is 127 Å². The maximum absolute atomic E-state index is 10.7. The summed E-state index contributed by atoms with van der Waals surface area (Å²) in [6.45, 7) is 7.49. The van der Waals surface area contributed by atoms with Crippen LogP contribution in [0.1, 0.15) is 49.9 Å². The molecule has 0 saturated heterocycles. The number of aliphatic hydroxyl groups is 1. The van der Waals surface area contributed by atoms with Gasteiger partial charge in [0.2, 0.25) is 0 Å². The van der Waals surface area contributed by atoms with Crippen LogP contribution in [0.25, 0.3) is 44.2 Å². The zero-order chi connectivity index (χ0) is 30.3. The van der Waals surface area contributed by atoms with Crippen LogP contribution in [0.4, 0.5) is 0 Å². The molecule has 2 aliphatic rings. The fourth-order valence-corrected chi connectivity index (χ4v) is 7.44. The average molecular weight is 571 g/mol. The van der Waals surface area contributed by atoms with E-state index in [0.717, 1.165) is 5.46 Å². The summed E-state index contributed by atoms with van der Waals surface area (Å²) in [6, 6.07) is 47.0. The molecule has 0 unspecified atom stereocenters. The Labute approximate surface area is 260 Å². The number of hydrogen-bond acceptors (Lipinski definition) is 2. The maximum Gasteiger partial charge on any atom is 0.310 e. The third kappa shape index (κ3) is 3.70. The minimum atomic E-state index is -0.960. The standard InChI is InChI=1S/C41H35BO2/c1-39(2,43)40(3,4)44-42-38-24-23-27(28-13-5-6-17-33(28)38)26-21-22-32-31-16-9-12-20-36(31)41(37(32)25-26)34-18-10-7-14-29(34)30-15-8-11-19-35(30)41/h5-25,42-43H,1-4H3. The lowest BCUT2D eigenvalue weighted by Crippen LogP contribution is -2.49. The van der Waals surface area contributed by atoms with E-state index in [2.05, 4.69) is 127 Å². The van der Waals surface area contributed by atoms with Crippen molar-refractivity contribution >= 4 is 23.7 Å². The minimum Gasteiger partial charge on any atom is -0.427 e. The molecule has 2 aliphatic carbocycles. The van der Waals surface area contributed by atoms with E-state index >= 15 is 0 Å². The van der Waals surface area contributed by atoms with Crippen LogP contribution in [0, 0.1) is 0 Å². The average Bonchev–Trinajstić information content (AvgIpc) is 3.50. The highest BCUT2D eigenvalue weighted by molar-refractivity contribution is 6.51. The van der Waals surface area contributed by atoms with Gasteiger partial charge in [-0.15, -0.1) is 0 Å². The van der Waals surface area contributed by atoms with Gasteiger partial charge in [-0.1, -0.05) is 121 Å². The van der Waals surface area contributed by atoms with Gasteiger partial charge in [-0.05, 0) is 106 Å². The van der Waals surface area contributed by atoms with E-state index in [1.54, 1.807) is 13.8 Å². The van der Waals surface area contributed by atoms with Crippen LogP contribution in [-0.4, -0.2) is 23.8 Å². The van der Waals surface area contributed by atoms with Crippen molar-refractivity contribution in [2.45, 2.75) is 44.3 Å². The van der Waals surface area contributed by atoms with Crippen molar-refractivity contribution in [3.63, 3.8) is 0 Å². The molecule has 0 aliphatic heterocycles. The normalized spacial score (nSPS) is 14.3.